The maximum absolute atomic E-state index is 13.6. The number of nitrogens with zero attached hydrogens (tertiary/aromatic N) is 1. The molecule has 3 aromatic rings. The number of nitrogens with one attached hydrogen (secondary N) is 1. The van der Waals surface area contributed by atoms with Gasteiger partial charge in [0, 0.05) is 17.6 Å². The number of para-hydroxylation sites is 1. The van der Waals surface area contributed by atoms with E-state index in [2.05, 4.69) is 27.9 Å². The highest BCUT2D eigenvalue weighted by Crippen LogP contribution is 2.26. The Bertz CT molecular complexity index is 997. The highest BCUT2D eigenvalue weighted by molar-refractivity contribution is 14.1. The van der Waals surface area contributed by atoms with E-state index in [9.17, 15) is 14.0 Å². The lowest BCUT2D eigenvalue weighted by molar-refractivity contribution is 0.0992. The summed E-state index contributed by atoms with van der Waals surface area (Å²) in [6.45, 7) is 2.74. The van der Waals surface area contributed by atoms with Gasteiger partial charge < -0.3 is 15.6 Å². The SMILES string of the molecule is CCn1c(I)cc2cccc(C(=O)Nc3ccc(F)c(C(N)=O)c3)c21. The molecule has 2 aromatic carbocycles. The number of halogens is 2. The van der Waals surface area contributed by atoms with Gasteiger partial charge in [0.2, 0.25) is 0 Å². The molecule has 0 saturated carbocycles. The fourth-order valence-electron chi connectivity index (χ4n) is 2.77. The first-order valence-electron chi connectivity index (χ1n) is 7.60. The van der Waals surface area contributed by atoms with Crippen LogP contribution in [0, 0.1) is 9.52 Å². The second-order valence-electron chi connectivity index (χ2n) is 5.47. The predicted molar refractivity (Wildman–Crippen MR) is 103 cm³/mol. The zero-order valence-electron chi connectivity index (χ0n) is 13.3. The fraction of sp³-hybridized carbons (Fsp3) is 0.111. The zero-order chi connectivity index (χ0) is 18.1. The number of aromatic nitrogens is 1. The van der Waals surface area contributed by atoms with E-state index in [1.807, 2.05) is 29.7 Å². The van der Waals surface area contributed by atoms with Crippen molar-refractivity contribution in [1.82, 2.24) is 4.57 Å². The molecule has 0 bridgehead atoms. The van der Waals surface area contributed by atoms with Gasteiger partial charge in [-0.3, -0.25) is 9.59 Å². The number of fused-ring (bicyclic) bond motifs is 1. The van der Waals surface area contributed by atoms with Gasteiger partial charge in [0.05, 0.1) is 20.3 Å². The van der Waals surface area contributed by atoms with Crippen LogP contribution in [0.5, 0.6) is 0 Å². The van der Waals surface area contributed by atoms with Crippen LogP contribution in [0.25, 0.3) is 10.9 Å². The maximum atomic E-state index is 13.6. The molecule has 25 heavy (non-hydrogen) atoms. The first-order chi connectivity index (χ1) is 11.9. The van der Waals surface area contributed by atoms with E-state index in [1.165, 1.54) is 12.1 Å². The molecule has 0 aliphatic rings. The van der Waals surface area contributed by atoms with Gasteiger partial charge in [0.1, 0.15) is 5.82 Å². The summed E-state index contributed by atoms with van der Waals surface area (Å²) in [5.41, 5.74) is 6.53. The Morgan fingerprint density at radius 2 is 1.96 bits per heavy atom. The molecule has 7 heteroatoms. The molecule has 3 rings (SSSR count). The molecule has 0 aliphatic heterocycles. The fourth-order valence-corrected chi connectivity index (χ4v) is 3.69. The molecule has 5 nitrogen and oxygen atoms in total. The lowest BCUT2D eigenvalue weighted by Gasteiger charge is -2.10. The number of hydrogen-bond donors (Lipinski definition) is 2. The van der Waals surface area contributed by atoms with Crippen molar-refractivity contribution < 1.29 is 14.0 Å². The number of hydrogen-bond acceptors (Lipinski definition) is 2. The van der Waals surface area contributed by atoms with Crippen LogP contribution in [0.3, 0.4) is 0 Å². The smallest absolute Gasteiger partial charge is 0.257 e. The minimum atomic E-state index is -0.884. The van der Waals surface area contributed by atoms with E-state index in [0.717, 1.165) is 27.2 Å². The van der Waals surface area contributed by atoms with Gasteiger partial charge in [0.15, 0.2) is 0 Å². The predicted octanol–water partition coefficient (Wildman–Crippen LogP) is 3.76. The number of primary amides is 1. The summed E-state index contributed by atoms with van der Waals surface area (Å²) in [5.74, 6) is -1.94. The van der Waals surface area contributed by atoms with Crippen molar-refractivity contribution in [2.75, 3.05) is 5.32 Å². The third kappa shape index (κ3) is 3.23. The number of rotatable bonds is 4. The van der Waals surface area contributed by atoms with E-state index >= 15 is 0 Å². The first-order valence-corrected chi connectivity index (χ1v) is 8.68. The van der Waals surface area contributed by atoms with Crippen molar-refractivity contribution in [3.05, 3.63) is 63.1 Å². The van der Waals surface area contributed by atoms with Gasteiger partial charge >= 0.3 is 0 Å². The molecular weight excluding hydrogens is 436 g/mol. The van der Waals surface area contributed by atoms with Gasteiger partial charge in [0.25, 0.3) is 11.8 Å². The summed E-state index contributed by atoms with van der Waals surface area (Å²) in [6, 6.07) is 11.2. The van der Waals surface area contributed by atoms with Crippen molar-refractivity contribution in [1.29, 1.82) is 0 Å². The summed E-state index contributed by atoms with van der Waals surface area (Å²) < 4.78 is 16.7. The van der Waals surface area contributed by atoms with Crippen molar-refractivity contribution in [2.24, 2.45) is 5.73 Å². The number of anilines is 1. The van der Waals surface area contributed by atoms with E-state index < -0.39 is 11.7 Å². The minimum Gasteiger partial charge on any atom is -0.366 e. The Morgan fingerprint density at radius 3 is 2.64 bits per heavy atom. The number of carbonyl (C=O) groups is 2. The van der Waals surface area contributed by atoms with Crippen LogP contribution in [0.15, 0.2) is 42.5 Å². The summed E-state index contributed by atoms with van der Waals surface area (Å²) in [7, 11) is 0. The van der Waals surface area contributed by atoms with Crippen LogP contribution in [0.4, 0.5) is 10.1 Å². The number of aryl methyl sites for hydroxylation is 1. The molecule has 0 saturated heterocycles. The Balaban J connectivity index is 2.01. The van der Waals surface area contributed by atoms with E-state index in [-0.39, 0.29) is 11.5 Å². The Kier molecular flexibility index (Phi) is 4.76. The van der Waals surface area contributed by atoms with Gasteiger partial charge in [-0.05, 0) is 59.8 Å². The van der Waals surface area contributed by atoms with E-state index in [4.69, 9.17) is 5.73 Å². The van der Waals surface area contributed by atoms with Crippen LogP contribution in [0.1, 0.15) is 27.6 Å². The molecule has 3 N–H and O–H groups in total. The molecule has 2 amide bonds. The number of amides is 2. The molecule has 128 valence electrons. The average Bonchev–Trinajstić information content (AvgIpc) is 2.91. The second kappa shape index (κ2) is 6.83. The minimum absolute atomic E-state index is 0.262. The van der Waals surface area contributed by atoms with Crippen molar-refractivity contribution in [2.45, 2.75) is 13.5 Å². The van der Waals surface area contributed by atoms with Gasteiger partial charge in [-0.25, -0.2) is 4.39 Å². The van der Waals surface area contributed by atoms with Gasteiger partial charge in [-0.1, -0.05) is 12.1 Å². The quantitative estimate of drug-likeness (QED) is 0.593. The largest absolute Gasteiger partial charge is 0.366 e. The molecule has 1 heterocycles. The molecule has 0 radical (unpaired) electrons. The van der Waals surface area contributed by atoms with Crippen molar-refractivity contribution in [3.8, 4) is 0 Å². The van der Waals surface area contributed by atoms with Crippen LogP contribution < -0.4 is 11.1 Å². The van der Waals surface area contributed by atoms with E-state index in [0.29, 0.717) is 11.3 Å². The topological polar surface area (TPSA) is 77.1 Å². The Hall–Kier alpha value is -2.42. The summed E-state index contributed by atoms with van der Waals surface area (Å²) in [4.78, 5) is 24.0. The molecule has 0 spiro atoms. The molecule has 0 unspecified atom stereocenters. The van der Waals surface area contributed by atoms with E-state index in [1.54, 1.807) is 6.07 Å². The monoisotopic (exact) mass is 451 g/mol. The van der Waals surface area contributed by atoms with Gasteiger partial charge in [-0.15, -0.1) is 0 Å². The zero-order valence-corrected chi connectivity index (χ0v) is 15.5. The molecule has 0 fully saturated rings. The van der Waals surface area contributed by atoms with Gasteiger partial charge in [-0.2, -0.15) is 0 Å². The van der Waals surface area contributed by atoms with Crippen LogP contribution >= 0.6 is 22.6 Å². The summed E-state index contributed by atoms with van der Waals surface area (Å²) in [6.07, 6.45) is 0. The van der Waals surface area contributed by atoms with Crippen LogP contribution in [-0.2, 0) is 6.54 Å². The first kappa shape index (κ1) is 17.4. The molecule has 0 aliphatic carbocycles. The summed E-state index contributed by atoms with van der Waals surface area (Å²) >= 11 is 2.23. The normalized spacial score (nSPS) is 10.8. The highest BCUT2D eigenvalue weighted by atomic mass is 127. The molecule has 0 atom stereocenters. The molecule has 1 aromatic heterocycles. The summed E-state index contributed by atoms with van der Waals surface area (Å²) in [5, 5.41) is 3.67. The Morgan fingerprint density at radius 1 is 1.20 bits per heavy atom. The average molecular weight is 451 g/mol. The van der Waals surface area contributed by atoms with Crippen LogP contribution in [0.2, 0.25) is 0 Å². The lowest BCUT2D eigenvalue weighted by atomic mass is 10.1. The van der Waals surface area contributed by atoms with Crippen LogP contribution in [-0.4, -0.2) is 16.4 Å². The standard InChI is InChI=1S/C18H15FIN3O2/c1-2-23-15(20)8-10-4-3-5-12(16(10)23)18(25)22-11-6-7-14(19)13(9-11)17(21)24/h3-9H,2H2,1H3,(H2,21,24)(H,22,25). The third-order valence-electron chi connectivity index (χ3n) is 3.92. The highest BCUT2D eigenvalue weighted by Gasteiger charge is 2.16. The Labute approximate surface area is 157 Å². The third-order valence-corrected chi connectivity index (χ3v) is 4.81. The lowest BCUT2D eigenvalue weighted by Crippen LogP contribution is -2.16. The van der Waals surface area contributed by atoms with Crippen molar-refractivity contribution in [3.63, 3.8) is 0 Å². The maximum Gasteiger partial charge on any atom is 0.257 e. The second-order valence-corrected chi connectivity index (χ2v) is 6.57. The molecular formula is C18H15FIN3O2. The van der Waals surface area contributed by atoms with Crippen molar-refractivity contribution >= 4 is 51.0 Å². The number of nitrogens with two attached hydrogens (primary N) is 1. The number of carbonyl (C=O) groups excluding carboxylic acids is 2. The number of benzene rings is 2.